The summed E-state index contributed by atoms with van der Waals surface area (Å²) in [5.74, 6) is -6.04. The number of nitrogens with zero attached hydrogens (tertiary/aromatic N) is 2. The van der Waals surface area contributed by atoms with Crippen LogP contribution < -0.4 is 10.5 Å². The fraction of sp³-hybridized carbons (Fsp3) is 0.381. The Hall–Kier alpha value is -2.97. The Morgan fingerprint density at radius 2 is 2.00 bits per heavy atom. The first-order valence-corrected chi connectivity index (χ1v) is 8.94. The van der Waals surface area contributed by atoms with Crippen LogP contribution in [-0.4, -0.2) is 35.2 Å². The van der Waals surface area contributed by atoms with Crippen LogP contribution in [0.1, 0.15) is 46.0 Å². The molecule has 0 unspecified atom stereocenters. The van der Waals surface area contributed by atoms with Gasteiger partial charge in [0, 0.05) is 12.0 Å². The van der Waals surface area contributed by atoms with Crippen molar-refractivity contribution in [3.63, 3.8) is 0 Å². The molecule has 1 aromatic heterocycles. The lowest BCUT2D eigenvalue weighted by Gasteiger charge is -2.42. The van der Waals surface area contributed by atoms with Crippen LogP contribution >= 0.6 is 0 Å². The molecular weight excluding hydrogens is 402 g/mol. The topological polar surface area (TPSA) is 77.6 Å². The molecule has 2 heterocycles. The first-order chi connectivity index (χ1) is 15.0. The number of hydrogen-bond acceptors (Lipinski definition) is 5. The predicted octanol–water partition coefficient (Wildman–Crippen LogP) is 3.99. The maximum atomic E-state index is 14.9. The largest absolute Gasteiger partial charge is 0.495 e. The highest BCUT2D eigenvalue weighted by Crippen LogP contribution is 2.50. The summed E-state index contributed by atoms with van der Waals surface area (Å²) < 4.78 is 84.6. The maximum Gasteiger partial charge on any atom is 0.280 e. The highest BCUT2D eigenvalue weighted by atomic mass is 19.3. The van der Waals surface area contributed by atoms with Crippen LogP contribution in [0.5, 0.6) is 5.75 Å². The van der Waals surface area contributed by atoms with Crippen molar-refractivity contribution in [3.05, 3.63) is 59.2 Å². The third-order valence-electron chi connectivity index (χ3n) is 5.20. The molecular formula is C21H21F4N3O2. The number of hydrogen-bond donors (Lipinski definition) is 1. The number of Topliss-reactive ketones (excluding diaryl/α,β-unsaturated/α-hetero) is 1. The van der Waals surface area contributed by atoms with E-state index in [1.807, 2.05) is 0 Å². The number of halogens is 4. The van der Waals surface area contributed by atoms with Crippen molar-refractivity contribution in [1.82, 2.24) is 4.98 Å². The van der Waals surface area contributed by atoms with Gasteiger partial charge in [0.15, 0.2) is 17.0 Å². The second-order valence-electron chi connectivity index (χ2n) is 7.54. The van der Waals surface area contributed by atoms with E-state index in [4.69, 9.17) is 9.85 Å². The van der Waals surface area contributed by atoms with Gasteiger partial charge < -0.3 is 10.5 Å². The van der Waals surface area contributed by atoms with Crippen molar-refractivity contribution in [3.8, 4) is 5.75 Å². The molecule has 0 fully saturated rings. The molecule has 0 spiro atoms. The van der Waals surface area contributed by atoms with Gasteiger partial charge in [-0.05, 0) is 43.7 Å². The van der Waals surface area contributed by atoms with Crippen LogP contribution in [0.2, 0.25) is 0 Å². The van der Waals surface area contributed by atoms with Crippen molar-refractivity contribution in [2.75, 3.05) is 7.04 Å². The number of methoxy groups -OCH3 is 1. The molecule has 3 rings (SSSR count). The summed E-state index contributed by atoms with van der Waals surface area (Å²) in [4.78, 5) is 20.1. The van der Waals surface area contributed by atoms with Crippen LogP contribution in [0.15, 0.2) is 41.5 Å². The molecule has 1 aliphatic rings. The number of carbonyl (C=O) groups is 1. The standard InChI is InChI=1S/C21H21F4N3O2/c1-19(23)11-21(24,25)20(2,28-18(19)26)14-8-12(4-6-15(14)22)9-17(29)16-7-5-13(30-3)10-27-16/h4-8,10H,9,11H2,1-3H3,(H2,26,28)/t19-,20-/m1/s1/i3D3. The number of benzene rings is 1. The predicted molar refractivity (Wildman–Crippen MR) is 103 cm³/mol. The van der Waals surface area contributed by atoms with Gasteiger partial charge in [-0.2, -0.15) is 0 Å². The molecule has 160 valence electrons. The SMILES string of the molecule is [2H]C([2H])([2H])Oc1ccc(C(=O)Cc2ccc(F)c([C@@]3(C)N=C(N)[C@](C)(F)CC3(F)F)c2)nc1. The van der Waals surface area contributed by atoms with Crippen molar-refractivity contribution >= 4 is 11.6 Å². The number of ether oxygens (including phenoxy) is 1. The second-order valence-corrected chi connectivity index (χ2v) is 7.54. The van der Waals surface area contributed by atoms with Gasteiger partial charge in [-0.25, -0.2) is 22.5 Å². The molecule has 2 aromatic rings. The molecule has 5 nitrogen and oxygen atoms in total. The van der Waals surface area contributed by atoms with E-state index < -0.39 is 53.6 Å². The minimum absolute atomic E-state index is 0.0385. The highest BCUT2D eigenvalue weighted by Gasteiger charge is 2.60. The zero-order valence-electron chi connectivity index (χ0n) is 19.2. The Morgan fingerprint density at radius 3 is 2.63 bits per heavy atom. The Labute approximate surface area is 175 Å². The lowest BCUT2D eigenvalue weighted by atomic mass is 9.77. The molecule has 0 aliphatic carbocycles. The summed E-state index contributed by atoms with van der Waals surface area (Å²) in [5, 5.41) is 0. The molecule has 1 aromatic carbocycles. The van der Waals surface area contributed by atoms with Crippen molar-refractivity contribution in [1.29, 1.82) is 0 Å². The van der Waals surface area contributed by atoms with Crippen LogP contribution in [0, 0.1) is 5.82 Å². The number of carbonyl (C=O) groups excluding carboxylic acids is 1. The lowest BCUT2D eigenvalue weighted by molar-refractivity contribution is -0.106. The molecule has 2 atom stereocenters. The Bertz CT molecular complexity index is 1100. The summed E-state index contributed by atoms with van der Waals surface area (Å²) >= 11 is 0. The van der Waals surface area contributed by atoms with Gasteiger partial charge in [0.25, 0.3) is 5.92 Å². The summed E-state index contributed by atoms with van der Waals surface area (Å²) in [6.45, 7) is 1.84. The average Bonchev–Trinajstić information content (AvgIpc) is 2.66. The Morgan fingerprint density at radius 1 is 1.27 bits per heavy atom. The van der Waals surface area contributed by atoms with Crippen LogP contribution in [-0.2, 0) is 12.0 Å². The summed E-state index contributed by atoms with van der Waals surface area (Å²) in [6, 6.07) is 5.74. The van der Waals surface area contributed by atoms with E-state index in [1.54, 1.807) is 0 Å². The zero-order chi connectivity index (χ0) is 24.8. The van der Waals surface area contributed by atoms with Gasteiger partial charge in [-0.3, -0.25) is 9.79 Å². The number of aliphatic imine (C=N–C) groups is 1. The van der Waals surface area contributed by atoms with E-state index in [-0.39, 0.29) is 23.4 Å². The van der Waals surface area contributed by atoms with Crippen LogP contribution in [0.25, 0.3) is 0 Å². The average molecular weight is 426 g/mol. The molecule has 30 heavy (non-hydrogen) atoms. The van der Waals surface area contributed by atoms with Gasteiger partial charge in [0.05, 0.1) is 23.8 Å². The Balaban J connectivity index is 1.89. The first kappa shape index (κ1) is 17.9. The molecule has 0 bridgehead atoms. The van der Waals surface area contributed by atoms with Crippen molar-refractivity contribution < 1.29 is 31.2 Å². The van der Waals surface area contributed by atoms with Crippen molar-refractivity contribution in [2.45, 2.75) is 43.8 Å². The fourth-order valence-corrected chi connectivity index (χ4v) is 3.31. The zero-order valence-corrected chi connectivity index (χ0v) is 16.2. The van der Waals surface area contributed by atoms with Gasteiger partial charge in [-0.15, -0.1) is 0 Å². The van der Waals surface area contributed by atoms with Crippen molar-refractivity contribution in [2.24, 2.45) is 10.7 Å². The number of nitrogens with two attached hydrogens (primary N) is 1. The number of alkyl halides is 3. The number of pyridine rings is 1. The number of rotatable bonds is 5. The van der Waals surface area contributed by atoms with E-state index in [1.165, 1.54) is 18.2 Å². The highest BCUT2D eigenvalue weighted by molar-refractivity contribution is 5.95. The fourth-order valence-electron chi connectivity index (χ4n) is 3.31. The number of aromatic nitrogens is 1. The number of amidine groups is 1. The molecule has 9 heteroatoms. The minimum atomic E-state index is -3.76. The smallest absolute Gasteiger partial charge is 0.280 e. The van der Waals surface area contributed by atoms with Crippen LogP contribution in [0.4, 0.5) is 17.6 Å². The van der Waals surface area contributed by atoms with E-state index in [9.17, 15) is 22.4 Å². The Kier molecular flexibility index (Phi) is 4.39. The summed E-state index contributed by atoms with van der Waals surface area (Å²) in [7, 11) is -2.68. The normalized spacial score (nSPS) is 27.4. The number of ketones is 1. The summed E-state index contributed by atoms with van der Waals surface area (Å²) in [6.07, 6.45) is -0.533. The molecule has 0 saturated carbocycles. The maximum absolute atomic E-state index is 14.9. The molecule has 0 saturated heterocycles. The molecule has 2 N–H and O–H groups in total. The molecule has 0 amide bonds. The van der Waals surface area contributed by atoms with Crippen LogP contribution in [0.3, 0.4) is 0 Å². The van der Waals surface area contributed by atoms with Gasteiger partial charge in [0.2, 0.25) is 0 Å². The molecule has 0 radical (unpaired) electrons. The monoisotopic (exact) mass is 426 g/mol. The second kappa shape index (κ2) is 7.37. The van der Waals surface area contributed by atoms with Gasteiger partial charge in [0.1, 0.15) is 23.1 Å². The summed E-state index contributed by atoms with van der Waals surface area (Å²) in [5.41, 5.74) is 0.166. The first-order valence-electron chi connectivity index (χ1n) is 10.4. The van der Waals surface area contributed by atoms with E-state index >= 15 is 0 Å². The van der Waals surface area contributed by atoms with E-state index in [0.29, 0.717) is 0 Å². The third kappa shape index (κ3) is 3.76. The quantitative estimate of drug-likeness (QED) is 0.579. The minimum Gasteiger partial charge on any atom is -0.495 e. The third-order valence-corrected chi connectivity index (χ3v) is 5.20. The molecule has 1 aliphatic heterocycles. The van der Waals surface area contributed by atoms with E-state index in [2.05, 4.69) is 14.7 Å². The van der Waals surface area contributed by atoms with Gasteiger partial charge >= 0.3 is 0 Å². The lowest BCUT2D eigenvalue weighted by Crippen LogP contribution is -2.56. The van der Waals surface area contributed by atoms with E-state index in [0.717, 1.165) is 32.2 Å². The van der Waals surface area contributed by atoms with Gasteiger partial charge in [-0.1, -0.05) is 6.07 Å².